The second-order valence-corrected chi connectivity index (χ2v) is 15.3. The number of aromatic hydroxyl groups is 2. The minimum absolute atomic E-state index is 0.269. The molecule has 1 aliphatic rings. The standard InChI is InChI=1S/C44H64O4/c1-9-11-13-15-33-25-39(45)43(37-23-31(7)17-19-35(37)29(3)4)41(27-33)47-21-22-48-42-28-34(16-14-12-10-2)26-40(46)44(42)38-24-32(8)18-20-36(38)30(5)6/h17,19,23,25-30,32,36,38,45-46H,9-16,18,20-22,24H2,1-8H3/t32-,36-,38+/m0/s1. The van der Waals surface area contributed by atoms with Gasteiger partial charge >= 0.3 is 0 Å². The van der Waals surface area contributed by atoms with Gasteiger partial charge in [0.1, 0.15) is 36.2 Å². The number of hydrogen-bond acceptors (Lipinski definition) is 4. The Balaban J connectivity index is 1.65. The normalized spacial score (nSPS) is 18.1. The lowest BCUT2D eigenvalue weighted by Gasteiger charge is -2.38. The van der Waals surface area contributed by atoms with E-state index < -0.39 is 0 Å². The van der Waals surface area contributed by atoms with Gasteiger partial charge in [0.25, 0.3) is 0 Å². The first-order chi connectivity index (χ1) is 23.0. The van der Waals surface area contributed by atoms with Gasteiger partial charge in [0.15, 0.2) is 0 Å². The molecule has 1 saturated carbocycles. The molecule has 4 heteroatoms. The monoisotopic (exact) mass is 656 g/mol. The molecule has 0 unspecified atom stereocenters. The number of benzene rings is 3. The lowest BCUT2D eigenvalue weighted by Crippen LogP contribution is -2.27. The molecule has 264 valence electrons. The molecule has 0 bridgehead atoms. The van der Waals surface area contributed by atoms with Crippen molar-refractivity contribution in [3.05, 3.63) is 70.3 Å². The van der Waals surface area contributed by atoms with E-state index in [9.17, 15) is 10.2 Å². The molecule has 0 saturated heterocycles. The van der Waals surface area contributed by atoms with E-state index in [2.05, 4.69) is 85.7 Å². The van der Waals surface area contributed by atoms with Crippen molar-refractivity contribution in [2.75, 3.05) is 13.2 Å². The molecule has 3 atom stereocenters. The van der Waals surface area contributed by atoms with Crippen LogP contribution in [0.1, 0.15) is 146 Å². The Hall–Kier alpha value is -3.14. The fourth-order valence-corrected chi connectivity index (χ4v) is 7.87. The van der Waals surface area contributed by atoms with E-state index >= 15 is 0 Å². The Bertz CT molecular complexity index is 1450. The number of rotatable bonds is 17. The summed E-state index contributed by atoms with van der Waals surface area (Å²) in [6.07, 6.45) is 12.2. The predicted molar refractivity (Wildman–Crippen MR) is 202 cm³/mol. The van der Waals surface area contributed by atoms with E-state index in [1.165, 1.54) is 31.2 Å². The Kier molecular flexibility index (Phi) is 14.1. The third-order valence-electron chi connectivity index (χ3n) is 10.6. The van der Waals surface area contributed by atoms with E-state index in [4.69, 9.17) is 9.47 Å². The van der Waals surface area contributed by atoms with Crippen molar-refractivity contribution in [3.8, 4) is 34.1 Å². The summed E-state index contributed by atoms with van der Waals surface area (Å²) in [6.45, 7) is 18.6. The lowest BCUT2D eigenvalue weighted by atomic mass is 9.67. The first-order valence-corrected chi connectivity index (χ1v) is 19.1. The molecule has 2 N–H and O–H groups in total. The highest BCUT2D eigenvalue weighted by molar-refractivity contribution is 5.80. The van der Waals surface area contributed by atoms with Crippen LogP contribution in [0.2, 0.25) is 0 Å². The average Bonchev–Trinajstić information content (AvgIpc) is 3.02. The van der Waals surface area contributed by atoms with Crippen molar-refractivity contribution in [1.82, 2.24) is 0 Å². The van der Waals surface area contributed by atoms with E-state index in [-0.39, 0.29) is 11.7 Å². The van der Waals surface area contributed by atoms with Gasteiger partial charge < -0.3 is 19.7 Å². The Morgan fingerprint density at radius 2 is 1.35 bits per heavy atom. The van der Waals surface area contributed by atoms with Gasteiger partial charge in [-0.2, -0.15) is 0 Å². The van der Waals surface area contributed by atoms with Crippen LogP contribution in [0.15, 0.2) is 42.5 Å². The summed E-state index contributed by atoms with van der Waals surface area (Å²) < 4.78 is 13.2. The van der Waals surface area contributed by atoms with Gasteiger partial charge in [0, 0.05) is 5.56 Å². The minimum Gasteiger partial charge on any atom is -0.508 e. The third kappa shape index (κ3) is 9.73. The number of hydrogen-bond donors (Lipinski definition) is 2. The van der Waals surface area contributed by atoms with Crippen molar-refractivity contribution >= 4 is 0 Å². The summed E-state index contributed by atoms with van der Waals surface area (Å²) in [5, 5.41) is 23.1. The van der Waals surface area contributed by atoms with E-state index in [1.807, 2.05) is 12.1 Å². The average molecular weight is 657 g/mol. The molecule has 4 nitrogen and oxygen atoms in total. The number of unbranched alkanes of at least 4 members (excludes halogenated alkanes) is 4. The molecule has 3 aromatic carbocycles. The molecule has 4 rings (SSSR count). The fraction of sp³-hybridized carbons (Fsp3) is 0.591. The molecule has 0 radical (unpaired) electrons. The fourth-order valence-electron chi connectivity index (χ4n) is 7.87. The van der Waals surface area contributed by atoms with Crippen LogP contribution in [0, 0.1) is 24.7 Å². The molecule has 0 amide bonds. The molecule has 48 heavy (non-hydrogen) atoms. The Morgan fingerprint density at radius 1 is 0.750 bits per heavy atom. The van der Waals surface area contributed by atoms with Crippen molar-refractivity contribution < 1.29 is 19.7 Å². The Labute approximate surface area is 292 Å². The summed E-state index contributed by atoms with van der Waals surface area (Å²) in [4.78, 5) is 0. The molecule has 1 fully saturated rings. The molecule has 0 spiro atoms. The van der Waals surface area contributed by atoms with Crippen LogP contribution in [0.5, 0.6) is 23.0 Å². The molecule has 0 heterocycles. The highest BCUT2D eigenvalue weighted by atomic mass is 16.5. The van der Waals surface area contributed by atoms with E-state index in [1.54, 1.807) is 0 Å². The second kappa shape index (κ2) is 18.0. The third-order valence-corrected chi connectivity index (χ3v) is 10.6. The van der Waals surface area contributed by atoms with Crippen LogP contribution in [0.3, 0.4) is 0 Å². The van der Waals surface area contributed by atoms with Crippen LogP contribution < -0.4 is 9.47 Å². The van der Waals surface area contributed by atoms with Gasteiger partial charge in [-0.05, 0) is 122 Å². The van der Waals surface area contributed by atoms with Crippen molar-refractivity contribution in [3.63, 3.8) is 0 Å². The topological polar surface area (TPSA) is 58.9 Å². The number of phenolic OH excluding ortho intramolecular Hbond substituents is 2. The summed E-state index contributed by atoms with van der Waals surface area (Å²) in [6, 6.07) is 14.7. The molecule has 0 aromatic heterocycles. The van der Waals surface area contributed by atoms with E-state index in [0.29, 0.717) is 48.4 Å². The van der Waals surface area contributed by atoms with Crippen molar-refractivity contribution in [2.24, 2.45) is 17.8 Å². The summed E-state index contributed by atoms with van der Waals surface area (Å²) in [7, 11) is 0. The van der Waals surface area contributed by atoms with Crippen LogP contribution in [0.4, 0.5) is 0 Å². The van der Waals surface area contributed by atoms with Crippen molar-refractivity contribution in [2.45, 2.75) is 138 Å². The maximum absolute atomic E-state index is 11.6. The minimum atomic E-state index is 0.269. The molecule has 1 aliphatic carbocycles. The van der Waals surface area contributed by atoms with Crippen LogP contribution in [0.25, 0.3) is 11.1 Å². The SMILES string of the molecule is CCCCCc1cc(O)c(-c2cc(C)ccc2C(C)C)c(OCCOc2cc(CCCCC)cc(O)c2[C@@H]2C[C@@H](C)CC[C@H]2C(C)C)c1. The highest BCUT2D eigenvalue weighted by Gasteiger charge is 2.35. The molecule has 3 aromatic rings. The number of ether oxygens (including phenoxy) is 2. The molecule has 0 aliphatic heterocycles. The zero-order chi connectivity index (χ0) is 34.8. The Morgan fingerprint density at radius 3 is 1.96 bits per heavy atom. The lowest BCUT2D eigenvalue weighted by molar-refractivity contribution is 0.183. The van der Waals surface area contributed by atoms with Crippen LogP contribution >= 0.6 is 0 Å². The molecular formula is C44H64O4. The zero-order valence-electron chi connectivity index (χ0n) is 31.3. The van der Waals surface area contributed by atoms with Crippen molar-refractivity contribution in [1.29, 1.82) is 0 Å². The van der Waals surface area contributed by atoms with Gasteiger partial charge in [-0.3, -0.25) is 0 Å². The predicted octanol–water partition coefficient (Wildman–Crippen LogP) is 12.3. The zero-order valence-corrected chi connectivity index (χ0v) is 31.3. The maximum atomic E-state index is 11.6. The largest absolute Gasteiger partial charge is 0.508 e. The van der Waals surface area contributed by atoms with Crippen LogP contribution in [-0.4, -0.2) is 23.4 Å². The summed E-state index contributed by atoms with van der Waals surface area (Å²) >= 11 is 0. The van der Waals surface area contributed by atoms with Gasteiger partial charge in [-0.1, -0.05) is 104 Å². The van der Waals surface area contributed by atoms with Gasteiger partial charge in [0.2, 0.25) is 0 Å². The quantitative estimate of drug-likeness (QED) is 0.142. The smallest absolute Gasteiger partial charge is 0.131 e. The first kappa shape index (κ1) is 37.7. The van der Waals surface area contributed by atoms with Crippen LogP contribution in [-0.2, 0) is 12.8 Å². The van der Waals surface area contributed by atoms with Gasteiger partial charge in [0.05, 0.1) is 5.56 Å². The number of phenols is 2. The first-order valence-electron chi connectivity index (χ1n) is 19.1. The summed E-state index contributed by atoms with van der Waals surface area (Å²) in [5.74, 6) is 4.42. The highest BCUT2D eigenvalue weighted by Crippen LogP contribution is 2.50. The van der Waals surface area contributed by atoms with Gasteiger partial charge in [-0.25, -0.2) is 0 Å². The molecular weight excluding hydrogens is 592 g/mol. The number of aryl methyl sites for hydroxylation is 3. The summed E-state index contributed by atoms with van der Waals surface area (Å²) in [5.41, 5.74) is 7.34. The van der Waals surface area contributed by atoms with E-state index in [0.717, 1.165) is 84.1 Å². The van der Waals surface area contributed by atoms with Gasteiger partial charge in [-0.15, -0.1) is 0 Å². The second-order valence-electron chi connectivity index (χ2n) is 15.3. The maximum Gasteiger partial charge on any atom is 0.131 e.